The van der Waals surface area contributed by atoms with Crippen molar-refractivity contribution in [2.75, 3.05) is 13.7 Å². The Labute approximate surface area is 194 Å². The summed E-state index contributed by atoms with van der Waals surface area (Å²) in [5, 5.41) is 3.24. The molecule has 0 unspecified atom stereocenters. The summed E-state index contributed by atoms with van der Waals surface area (Å²) in [7, 11) is 1.58. The van der Waals surface area contributed by atoms with Crippen molar-refractivity contribution in [2.24, 2.45) is 0 Å². The standard InChI is InChI=1S/C26H27ClN2O3/c1-19-9-6-7-12-21(19)17-29(25(30)18-32-23-14-8-13-22(27)16-23)24(26(31)28-2)15-20-10-4-3-5-11-20/h3-14,16,24H,15,17-18H2,1-2H3,(H,28,31)/t24-/m1/s1. The maximum atomic E-state index is 13.4. The number of carbonyl (C=O) groups excluding carboxylic acids is 2. The first-order chi connectivity index (χ1) is 15.5. The number of benzene rings is 3. The number of hydrogen-bond acceptors (Lipinski definition) is 3. The molecule has 0 saturated carbocycles. The second kappa shape index (κ2) is 11.3. The lowest BCUT2D eigenvalue weighted by Crippen LogP contribution is -2.51. The molecule has 0 fully saturated rings. The molecule has 5 nitrogen and oxygen atoms in total. The van der Waals surface area contributed by atoms with Crippen LogP contribution in [0.1, 0.15) is 16.7 Å². The predicted molar refractivity (Wildman–Crippen MR) is 127 cm³/mol. The Morgan fingerprint density at radius 3 is 2.41 bits per heavy atom. The van der Waals surface area contributed by atoms with Crippen molar-refractivity contribution in [3.63, 3.8) is 0 Å². The van der Waals surface area contributed by atoms with Crippen LogP contribution < -0.4 is 10.1 Å². The summed E-state index contributed by atoms with van der Waals surface area (Å²) < 4.78 is 5.70. The van der Waals surface area contributed by atoms with Crippen LogP contribution in [-0.4, -0.2) is 36.4 Å². The second-order valence-corrected chi connectivity index (χ2v) is 7.95. The van der Waals surface area contributed by atoms with Gasteiger partial charge >= 0.3 is 0 Å². The maximum absolute atomic E-state index is 13.4. The van der Waals surface area contributed by atoms with Crippen LogP contribution in [0.4, 0.5) is 0 Å². The van der Waals surface area contributed by atoms with Crippen molar-refractivity contribution in [3.05, 3.63) is 101 Å². The molecule has 1 N–H and O–H groups in total. The van der Waals surface area contributed by atoms with Gasteiger partial charge in [-0.15, -0.1) is 0 Å². The van der Waals surface area contributed by atoms with Gasteiger partial charge < -0.3 is 15.0 Å². The highest BCUT2D eigenvalue weighted by atomic mass is 35.5. The van der Waals surface area contributed by atoms with Crippen LogP contribution >= 0.6 is 11.6 Å². The molecule has 6 heteroatoms. The third-order valence-electron chi connectivity index (χ3n) is 5.28. The molecule has 0 aliphatic heterocycles. The van der Waals surface area contributed by atoms with Gasteiger partial charge in [-0.2, -0.15) is 0 Å². The minimum atomic E-state index is -0.683. The maximum Gasteiger partial charge on any atom is 0.261 e. The number of nitrogens with zero attached hydrogens (tertiary/aromatic N) is 1. The zero-order chi connectivity index (χ0) is 22.9. The smallest absolute Gasteiger partial charge is 0.261 e. The molecule has 2 amide bonds. The first kappa shape index (κ1) is 23.4. The van der Waals surface area contributed by atoms with E-state index in [0.717, 1.165) is 16.7 Å². The van der Waals surface area contributed by atoms with E-state index in [4.69, 9.17) is 16.3 Å². The van der Waals surface area contributed by atoms with Gasteiger partial charge in [0.05, 0.1) is 0 Å². The lowest BCUT2D eigenvalue weighted by molar-refractivity contribution is -0.142. The second-order valence-electron chi connectivity index (χ2n) is 7.51. The third kappa shape index (κ3) is 6.34. The van der Waals surface area contributed by atoms with Gasteiger partial charge in [0.1, 0.15) is 11.8 Å². The Hall–Kier alpha value is -3.31. The van der Waals surface area contributed by atoms with Crippen molar-refractivity contribution in [1.29, 1.82) is 0 Å². The number of aryl methyl sites for hydroxylation is 1. The molecule has 0 spiro atoms. The van der Waals surface area contributed by atoms with Crippen molar-refractivity contribution in [3.8, 4) is 5.75 Å². The van der Waals surface area contributed by atoms with E-state index in [1.165, 1.54) is 0 Å². The number of carbonyl (C=O) groups is 2. The van der Waals surface area contributed by atoms with Gasteiger partial charge in [-0.25, -0.2) is 0 Å². The van der Waals surface area contributed by atoms with Crippen LogP contribution in [0, 0.1) is 6.92 Å². The first-order valence-corrected chi connectivity index (χ1v) is 10.8. The Morgan fingerprint density at radius 2 is 1.72 bits per heavy atom. The average molecular weight is 451 g/mol. The largest absolute Gasteiger partial charge is 0.484 e. The van der Waals surface area contributed by atoms with Gasteiger partial charge in [0, 0.05) is 25.0 Å². The van der Waals surface area contributed by atoms with Gasteiger partial charge in [0.25, 0.3) is 5.91 Å². The van der Waals surface area contributed by atoms with Crippen molar-refractivity contribution in [1.82, 2.24) is 10.2 Å². The zero-order valence-corrected chi connectivity index (χ0v) is 19.0. The molecule has 0 aliphatic rings. The molecule has 3 aromatic carbocycles. The molecule has 0 radical (unpaired) electrons. The van der Waals surface area contributed by atoms with E-state index in [-0.39, 0.29) is 18.4 Å². The quantitative estimate of drug-likeness (QED) is 0.525. The molecule has 0 aliphatic carbocycles. The molecule has 0 heterocycles. The molecule has 3 rings (SSSR count). The lowest BCUT2D eigenvalue weighted by atomic mass is 10.0. The van der Waals surface area contributed by atoms with E-state index >= 15 is 0 Å². The highest BCUT2D eigenvalue weighted by Gasteiger charge is 2.30. The minimum absolute atomic E-state index is 0.200. The molecule has 1 atom stereocenters. The highest BCUT2D eigenvalue weighted by molar-refractivity contribution is 6.30. The van der Waals surface area contributed by atoms with Crippen LogP contribution in [0.3, 0.4) is 0 Å². The summed E-state index contributed by atoms with van der Waals surface area (Å²) in [6.07, 6.45) is 0.398. The molecule has 166 valence electrons. The van der Waals surface area contributed by atoms with Gasteiger partial charge in [0.2, 0.25) is 5.91 Å². The number of halogens is 1. The molecular weight excluding hydrogens is 424 g/mol. The molecule has 32 heavy (non-hydrogen) atoms. The van der Waals surface area contributed by atoms with Gasteiger partial charge in [0.15, 0.2) is 6.61 Å². The molecule has 0 aromatic heterocycles. The van der Waals surface area contributed by atoms with Crippen LogP contribution in [-0.2, 0) is 22.6 Å². The minimum Gasteiger partial charge on any atom is -0.484 e. The van der Waals surface area contributed by atoms with Crippen molar-refractivity contribution >= 4 is 23.4 Å². The summed E-state index contributed by atoms with van der Waals surface area (Å²) in [5.74, 6) is -0.00227. The summed E-state index contributed by atoms with van der Waals surface area (Å²) in [5.41, 5.74) is 3.00. The fraction of sp³-hybridized carbons (Fsp3) is 0.231. The number of amides is 2. The lowest BCUT2D eigenvalue weighted by Gasteiger charge is -2.31. The SMILES string of the molecule is CNC(=O)[C@@H](Cc1ccccc1)N(Cc1ccccc1C)C(=O)COc1cccc(Cl)c1. The topological polar surface area (TPSA) is 58.6 Å². The fourth-order valence-corrected chi connectivity index (χ4v) is 3.66. The van der Waals surface area contributed by atoms with E-state index in [9.17, 15) is 9.59 Å². The van der Waals surface area contributed by atoms with E-state index in [1.54, 1.807) is 36.2 Å². The van der Waals surface area contributed by atoms with Crippen LogP contribution in [0.15, 0.2) is 78.9 Å². The van der Waals surface area contributed by atoms with Crippen LogP contribution in [0.2, 0.25) is 5.02 Å². The molecule has 0 saturated heterocycles. The summed E-state index contributed by atoms with van der Waals surface area (Å²) in [6, 6.07) is 23.7. The fourth-order valence-electron chi connectivity index (χ4n) is 3.48. The zero-order valence-electron chi connectivity index (χ0n) is 18.3. The Bertz CT molecular complexity index is 1060. The van der Waals surface area contributed by atoms with E-state index in [1.807, 2.05) is 61.5 Å². The normalized spacial score (nSPS) is 11.5. The first-order valence-electron chi connectivity index (χ1n) is 10.5. The number of likely N-dealkylation sites (N-methyl/N-ethyl adjacent to an activating group) is 1. The number of ether oxygens (including phenoxy) is 1. The van der Waals surface area contributed by atoms with E-state index in [0.29, 0.717) is 23.7 Å². The van der Waals surface area contributed by atoms with Crippen LogP contribution in [0.5, 0.6) is 5.75 Å². The predicted octanol–water partition coefficient (Wildman–Crippen LogP) is 4.41. The van der Waals surface area contributed by atoms with Crippen molar-refractivity contribution < 1.29 is 14.3 Å². The van der Waals surface area contributed by atoms with Crippen LogP contribution in [0.25, 0.3) is 0 Å². The van der Waals surface area contributed by atoms with Gasteiger partial charge in [-0.05, 0) is 41.8 Å². The van der Waals surface area contributed by atoms with Gasteiger partial charge in [-0.3, -0.25) is 9.59 Å². The number of nitrogens with one attached hydrogen (secondary N) is 1. The third-order valence-corrected chi connectivity index (χ3v) is 5.51. The number of hydrogen-bond donors (Lipinski definition) is 1. The van der Waals surface area contributed by atoms with Gasteiger partial charge in [-0.1, -0.05) is 72.3 Å². The monoisotopic (exact) mass is 450 g/mol. The average Bonchev–Trinajstić information content (AvgIpc) is 2.81. The van der Waals surface area contributed by atoms with E-state index in [2.05, 4.69) is 5.32 Å². The summed E-state index contributed by atoms with van der Waals surface area (Å²) >= 11 is 6.02. The summed E-state index contributed by atoms with van der Waals surface area (Å²) in [6.45, 7) is 2.09. The Balaban J connectivity index is 1.88. The van der Waals surface area contributed by atoms with E-state index < -0.39 is 6.04 Å². The Kier molecular flexibility index (Phi) is 8.28. The molecular formula is C26H27ClN2O3. The van der Waals surface area contributed by atoms with Crippen molar-refractivity contribution in [2.45, 2.75) is 25.9 Å². The number of rotatable bonds is 9. The molecule has 0 bridgehead atoms. The Morgan fingerprint density at radius 1 is 1.00 bits per heavy atom. The highest BCUT2D eigenvalue weighted by Crippen LogP contribution is 2.19. The summed E-state index contributed by atoms with van der Waals surface area (Å²) in [4.78, 5) is 27.8. The molecule has 3 aromatic rings.